The van der Waals surface area contributed by atoms with E-state index in [1.807, 2.05) is 0 Å². The van der Waals surface area contributed by atoms with Crippen molar-refractivity contribution in [3.8, 4) is 21.1 Å². The lowest BCUT2D eigenvalue weighted by Gasteiger charge is -2.09. The van der Waals surface area contributed by atoms with Gasteiger partial charge in [0.2, 0.25) is 0 Å². The Bertz CT molecular complexity index is 996. The standard InChI is InChI=1S/C21H18N2S/c1-14(2)16-10-5-6-12-18(16)20-22-23-21(24-20)19-13-7-9-15-8-3-4-11-17(15)19/h3-14H,1-2H3. The fourth-order valence-corrected chi connectivity index (χ4v) is 3.98. The number of benzene rings is 3. The van der Waals surface area contributed by atoms with Gasteiger partial charge in [-0.15, -0.1) is 10.2 Å². The lowest BCUT2D eigenvalue weighted by atomic mass is 9.98. The lowest BCUT2D eigenvalue weighted by molar-refractivity contribution is 0.868. The molecule has 24 heavy (non-hydrogen) atoms. The van der Waals surface area contributed by atoms with E-state index in [0.717, 1.165) is 15.6 Å². The highest BCUT2D eigenvalue weighted by molar-refractivity contribution is 7.18. The Labute approximate surface area is 145 Å². The molecule has 4 rings (SSSR count). The molecule has 3 aromatic carbocycles. The van der Waals surface area contributed by atoms with Gasteiger partial charge in [-0.3, -0.25) is 0 Å². The van der Waals surface area contributed by atoms with Crippen LogP contribution in [0.3, 0.4) is 0 Å². The molecule has 0 aliphatic carbocycles. The monoisotopic (exact) mass is 330 g/mol. The molecule has 1 heterocycles. The summed E-state index contributed by atoms with van der Waals surface area (Å²) in [6.07, 6.45) is 0. The first kappa shape index (κ1) is 15.0. The number of hydrogen-bond donors (Lipinski definition) is 0. The van der Waals surface area contributed by atoms with Crippen molar-refractivity contribution in [3.05, 3.63) is 72.3 Å². The highest BCUT2D eigenvalue weighted by Crippen LogP contribution is 2.36. The van der Waals surface area contributed by atoms with Gasteiger partial charge in [0.15, 0.2) is 0 Å². The molecule has 2 nitrogen and oxygen atoms in total. The van der Waals surface area contributed by atoms with Gasteiger partial charge in [0.1, 0.15) is 10.0 Å². The van der Waals surface area contributed by atoms with E-state index in [0.29, 0.717) is 5.92 Å². The third-order valence-electron chi connectivity index (χ3n) is 4.26. The zero-order valence-electron chi connectivity index (χ0n) is 13.7. The minimum absolute atomic E-state index is 0.464. The summed E-state index contributed by atoms with van der Waals surface area (Å²) in [5, 5.41) is 13.4. The quantitative estimate of drug-likeness (QED) is 0.450. The molecule has 0 aliphatic heterocycles. The van der Waals surface area contributed by atoms with Gasteiger partial charge < -0.3 is 0 Å². The smallest absolute Gasteiger partial charge is 0.138 e. The average Bonchev–Trinajstić information content (AvgIpc) is 3.11. The lowest BCUT2D eigenvalue weighted by Crippen LogP contribution is -1.91. The van der Waals surface area contributed by atoms with Gasteiger partial charge in [-0.1, -0.05) is 91.9 Å². The van der Waals surface area contributed by atoms with Crippen molar-refractivity contribution in [2.24, 2.45) is 0 Å². The first-order valence-electron chi connectivity index (χ1n) is 8.15. The van der Waals surface area contributed by atoms with Crippen LogP contribution in [0.5, 0.6) is 0 Å². The second-order valence-electron chi connectivity index (χ2n) is 6.18. The number of hydrogen-bond acceptors (Lipinski definition) is 3. The van der Waals surface area contributed by atoms with Crippen molar-refractivity contribution in [2.75, 3.05) is 0 Å². The molecule has 118 valence electrons. The average molecular weight is 330 g/mol. The third kappa shape index (κ3) is 2.61. The van der Waals surface area contributed by atoms with Crippen LogP contribution in [0.4, 0.5) is 0 Å². The molecule has 0 fully saturated rings. The third-order valence-corrected chi connectivity index (χ3v) is 5.25. The van der Waals surface area contributed by atoms with Crippen LogP contribution in [0, 0.1) is 0 Å². The maximum absolute atomic E-state index is 4.48. The minimum atomic E-state index is 0.464. The van der Waals surface area contributed by atoms with Crippen LogP contribution in [-0.4, -0.2) is 10.2 Å². The Balaban J connectivity index is 1.84. The SMILES string of the molecule is CC(C)c1ccccc1-c1nnc(-c2cccc3ccccc23)s1. The normalized spacial score (nSPS) is 11.3. The Hall–Kier alpha value is -2.52. The molecule has 1 aromatic heterocycles. The molecule has 0 saturated carbocycles. The van der Waals surface area contributed by atoms with Crippen LogP contribution in [-0.2, 0) is 0 Å². The van der Waals surface area contributed by atoms with Crippen LogP contribution in [0.25, 0.3) is 31.9 Å². The first-order chi connectivity index (χ1) is 11.7. The van der Waals surface area contributed by atoms with Gasteiger partial charge in [0, 0.05) is 11.1 Å². The van der Waals surface area contributed by atoms with Gasteiger partial charge in [-0.2, -0.15) is 0 Å². The van der Waals surface area contributed by atoms with E-state index in [2.05, 4.69) is 90.8 Å². The molecule has 0 atom stereocenters. The van der Waals surface area contributed by atoms with E-state index in [9.17, 15) is 0 Å². The van der Waals surface area contributed by atoms with Crippen LogP contribution in [0.15, 0.2) is 66.7 Å². The van der Waals surface area contributed by atoms with Crippen molar-refractivity contribution in [2.45, 2.75) is 19.8 Å². The molecule has 4 aromatic rings. The molecule has 0 N–H and O–H groups in total. The molecule has 0 aliphatic rings. The molecule has 0 bridgehead atoms. The Morgan fingerprint density at radius 3 is 2.17 bits per heavy atom. The van der Waals surface area contributed by atoms with E-state index in [-0.39, 0.29) is 0 Å². The van der Waals surface area contributed by atoms with Crippen molar-refractivity contribution in [3.63, 3.8) is 0 Å². The summed E-state index contributed by atoms with van der Waals surface area (Å²) >= 11 is 1.66. The van der Waals surface area contributed by atoms with Crippen LogP contribution in [0.1, 0.15) is 25.3 Å². The summed E-state index contributed by atoms with van der Waals surface area (Å²) in [6.45, 7) is 4.43. The largest absolute Gasteiger partial charge is 0.148 e. The van der Waals surface area contributed by atoms with Gasteiger partial charge in [-0.25, -0.2) is 0 Å². The summed E-state index contributed by atoms with van der Waals surface area (Å²) in [5.41, 5.74) is 3.66. The maximum atomic E-state index is 4.48. The second-order valence-corrected chi connectivity index (χ2v) is 7.16. The topological polar surface area (TPSA) is 25.8 Å². The van der Waals surface area contributed by atoms with Crippen molar-refractivity contribution in [1.29, 1.82) is 0 Å². The molecule has 3 heteroatoms. The van der Waals surface area contributed by atoms with Gasteiger partial charge in [0.25, 0.3) is 0 Å². The predicted molar refractivity (Wildman–Crippen MR) is 102 cm³/mol. The number of aromatic nitrogens is 2. The van der Waals surface area contributed by atoms with Crippen LogP contribution in [0.2, 0.25) is 0 Å². The Morgan fingerprint density at radius 1 is 0.708 bits per heavy atom. The summed E-state index contributed by atoms with van der Waals surface area (Å²) < 4.78 is 0. The summed E-state index contributed by atoms with van der Waals surface area (Å²) in [5.74, 6) is 0.464. The van der Waals surface area contributed by atoms with E-state index < -0.39 is 0 Å². The molecule has 0 unspecified atom stereocenters. The van der Waals surface area contributed by atoms with Gasteiger partial charge >= 0.3 is 0 Å². The zero-order chi connectivity index (χ0) is 16.5. The fraction of sp³-hybridized carbons (Fsp3) is 0.143. The van der Waals surface area contributed by atoms with Crippen molar-refractivity contribution in [1.82, 2.24) is 10.2 Å². The van der Waals surface area contributed by atoms with E-state index in [4.69, 9.17) is 0 Å². The van der Waals surface area contributed by atoms with Crippen molar-refractivity contribution < 1.29 is 0 Å². The number of fused-ring (bicyclic) bond motifs is 1. The first-order valence-corrected chi connectivity index (χ1v) is 8.96. The second kappa shape index (κ2) is 6.17. The fourth-order valence-electron chi connectivity index (χ4n) is 3.05. The highest BCUT2D eigenvalue weighted by atomic mass is 32.1. The van der Waals surface area contributed by atoms with Gasteiger partial charge in [0.05, 0.1) is 0 Å². The molecule has 0 spiro atoms. The summed E-state index contributed by atoms with van der Waals surface area (Å²) in [4.78, 5) is 0. The Kier molecular flexibility index (Phi) is 3.87. The molecular weight excluding hydrogens is 312 g/mol. The Morgan fingerprint density at radius 2 is 1.33 bits per heavy atom. The van der Waals surface area contributed by atoms with Crippen LogP contribution < -0.4 is 0 Å². The number of nitrogens with zero attached hydrogens (tertiary/aromatic N) is 2. The number of rotatable bonds is 3. The highest BCUT2D eigenvalue weighted by Gasteiger charge is 2.14. The van der Waals surface area contributed by atoms with E-state index in [1.54, 1.807) is 11.3 Å². The molecule has 0 radical (unpaired) electrons. The summed E-state index contributed by atoms with van der Waals surface area (Å²) in [6, 6.07) is 23.2. The maximum Gasteiger partial charge on any atom is 0.148 e. The predicted octanol–water partition coefficient (Wildman–Crippen LogP) is 6.15. The van der Waals surface area contributed by atoms with Crippen molar-refractivity contribution >= 4 is 22.1 Å². The molecular formula is C21H18N2S. The van der Waals surface area contributed by atoms with Crippen LogP contribution >= 0.6 is 11.3 Å². The molecule has 0 saturated heterocycles. The minimum Gasteiger partial charge on any atom is -0.138 e. The summed E-state index contributed by atoms with van der Waals surface area (Å²) in [7, 11) is 0. The van der Waals surface area contributed by atoms with E-state index >= 15 is 0 Å². The zero-order valence-corrected chi connectivity index (χ0v) is 14.5. The van der Waals surface area contributed by atoms with Gasteiger partial charge in [-0.05, 0) is 22.3 Å². The van der Waals surface area contributed by atoms with E-state index in [1.165, 1.54) is 21.9 Å². The molecule has 0 amide bonds.